The van der Waals surface area contributed by atoms with Gasteiger partial charge < -0.3 is 0 Å². The lowest BCUT2D eigenvalue weighted by molar-refractivity contribution is -0.403. The number of nitro groups is 1. The highest BCUT2D eigenvalue weighted by atomic mass is 19.3. The lowest BCUT2D eigenvalue weighted by Crippen LogP contribution is -2.04. The molecule has 0 fully saturated rings. The number of hydrogen-bond donors (Lipinski definition) is 0. The molecule has 0 aromatic heterocycles. The standard InChI is InChI=1S/C4H5F2NO2/c1-4(5,6)2-3-7(8)9/h2-3H,1H3/b3-2+. The van der Waals surface area contributed by atoms with E-state index in [2.05, 4.69) is 0 Å². The second-order valence-electron chi connectivity index (χ2n) is 1.56. The minimum absolute atomic E-state index is 0.222. The monoisotopic (exact) mass is 137 g/mol. The van der Waals surface area contributed by atoms with Gasteiger partial charge in [0, 0.05) is 6.92 Å². The third-order valence-corrected chi connectivity index (χ3v) is 0.489. The Morgan fingerprint density at radius 1 is 1.67 bits per heavy atom. The highest BCUT2D eigenvalue weighted by Gasteiger charge is 2.17. The first-order valence-corrected chi connectivity index (χ1v) is 2.12. The van der Waals surface area contributed by atoms with Gasteiger partial charge in [0.2, 0.25) is 6.20 Å². The second-order valence-corrected chi connectivity index (χ2v) is 1.56. The number of halogens is 2. The van der Waals surface area contributed by atoms with Crippen molar-refractivity contribution in [2.24, 2.45) is 0 Å². The molecule has 0 aromatic carbocycles. The first kappa shape index (κ1) is 8.00. The molecule has 9 heavy (non-hydrogen) atoms. The van der Waals surface area contributed by atoms with Crippen LogP contribution in [0.2, 0.25) is 0 Å². The molecule has 0 spiro atoms. The predicted octanol–water partition coefficient (Wildman–Crippen LogP) is 1.43. The number of rotatable bonds is 2. The fraction of sp³-hybridized carbons (Fsp3) is 0.500. The van der Waals surface area contributed by atoms with Crippen LogP contribution in [-0.2, 0) is 0 Å². The zero-order valence-electron chi connectivity index (χ0n) is 4.67. The Hall–Kier alpha value is -1.00. The second kappa shape index (κ2) is 2.52. The average molecular weight is 137 g/mol. The third-order valence-electron chi connectivity index (χ3n) is 0.489. The highest BCUT2D eigenvalue weighted by Crippen LogP contribution is 2.12. The van der Waals surface area contributed by atoms with E-state index in [0.717, 1.165) is 0 Å². The maximum Gasteiger partial charge on any atom is 0.269 e. The zero-order chi connectivity index (χ0) is 7.49. The van der Waals surface area contributed by atoms with Crippen LogP contribution in [0, 0.1) is 10.1 Å². The van der Waals surface area contributed by atoms with Gasteiger partial charge in [0.05, 0.1) is 11.0 Å². The summed E-state index contributed by atoms with van der Waals surface area (Å²) < 4.78 is 23.4. The molecule has 52 valence electrons. The molecule has 0 amide bonds. The van der Waals surface area contributed by atoms with E-state index in [0.29, 0.717) is 6.92 Å². The van der Waals surface area contributed by atoms with E-state index in [1.807, 2.05) is 0 Å². The molecule has 0 saturated heterocycles. The average Bonchev–Trinajstić information content (AvgIpc) is 1.59. The van der Waals surface area contributed by atoms with Gasteiger partial charge in [0.25, 0.3) is 5.92 Å². The van der Waals surface area contributed by atoms with E-state index in [-0.39, 0.29) is 12.3 Å². The summed E-state index contributed by atoms with van der Waals surface area (Å²) in [6.45, 7) is 0.576. The van der Waals surface area contributed by atoms with Crippen molar-refractivity contribution in [2.45, 2.75) is 12.8 Å². The van der Waals surface area contributed by atoms with Crippen molar-refractivity contribution < 1.29 is 13.7 Å². The first-order chi connectivity index (χ1) is 3.92. The lowest BCUT2D eigenvalue weighted by Gasteiger charge is -1.97. The fourth-order valence-electron chi connectivity index (χ4n) is 0.192. The van der Waals surface area contributed by atoms with E-state index < -0.39 is 10.8 Å². The quantitative estimate of drug-likeness (QED) is 0.426. The SMILES string of the molecule is CC(F)(F)/C=C/[N+](=O)[O-]. The van der Waals surface area contributed by atoms with Gasteiger partial charge in [-0.15, -0.1) is 0 Å². The molecule has 0 N–H and O–H groups in total. The van der Waals surface area contributed by atoms with Gasteiger partial charge >= 0.3 is 0 Å². The van der Waals surface area contributed by atoms with Gasteiger partial charge in [-0.2, -0.15) is 0 Å². The summed E-state index contributed by atoms with van der Waals surface area (Å²) in [6, 6.07) is 0. The van der Waals surface area contributed by atoms with Crippen LogP contribution in [0.4, 0.5) is 8.78 Å². The van der Waals surface area contributed by atoms with Crippen LogP contribution in [0.3, 0.4) is 0 Å². The molecule has 0 aromatic rings. The van der Waals surface area contributed by atoms with E-state index in [4.69, 9.17) is 0 Å². The Kier molecular flexibility index (Phi) is 2.24. The van der Waals surface area contributed by atoms with E-state index in [1.54, 1.807) is 0 Å². The summed E-state index contributed by atoms with van der Waals surface area (Å²) in [5.74, 6) is -3.09. The van der Waals surface area contributed by atoms with Crippen LogP contribution in [0.25, 0.3) is 0 Å². The Bertz CT molecular complexity index is 138. The molecule has 3 nitrogen and oxygen atoms in total. The summed E-state index contributed by atoms with van der Waals surface area (Å²) in [6.07, 6.45) is 0.451. The summed E-state index contributed by atoms with van der Waals surface area (Å²) in [5.41, 5.74) is 0. The summed E-state index contributed by atoms with van der Waals surface area (Å²) >= 11 is 0. The Morgan fingerprint density at radius 2 is 2.11 bits per heavy atom. The highest BCUT2D eigenvalue weighted by molar-refractivity contribution is 4.85. The van der Waals surface area contributed by atoms with Crippen molar-refractivity contribution in [1.29, 1.82) is 0 Å². The van der Waals surface area contributed by atoms with Gasteiger partial charge in [0.15, 0.2) is 0 Å². The first-order valence-electron chi connectivity index (χ1n) is 2.12. The van der Waals surface area contributed by atoms with Crippen molar-refractivity contribution in [1.82, 2.24) is 0 Å². The van der Waals surface area contributed by atoms with E-state index in [1.165, 1.54) is 0 Å². The van der Waals surface area contributed by atoms with E-state index in [9.17, 15) is 18.9 Å². The van der Waals surface area contributed by atoms with Crippen molar-refractivity contribution in [2.75, 3.05) is 0 Å². The smallest absolute Gasteiger partial charge is 0.259 e. The molecule has 0 radical (unpaired) electrons. The molecular weight excluding hydrogens is 132 g/mol. The van der Waals surface area contributed by atoms with Gasteiger partial charge in [-0.05, 0) is 0 Å². The third kappa shape index (κ3) is 7.00. The Balaban J connectivity index is 3.86. The molecule has 0 bridgehead atoms. The van der Waals surface area contributed by atoms with Gasteiger partial charge in [-0.1, -0.05) is 0 Å². The number of allylic oxidation sites excluding steroid dienone is 1. The van der Waals surface area contributed by atoms with E-state index >= 15 is 0 Å². The van der Waals surface area contributed by atoms with Crippen molar-refractivity contribution >= 4 is 0 Å². The lowest BCUT2D eigenvalue weighted by atomic mass is 10.4. The summed E-state index contributed by atoms with van der Waals surface area (Å²) in [5, 5.41) is 9.43. The van der Waals surface area contributed by atoms with Crippen LogP contribution in [-0.4, -0.2) is 10.8 Å². The molecule has 0 unspecified atom stereocenters. The van der Waals surface area contributed by atoms with Crippen molar-refractivity contribution in [3.05, 3.63) is 22.4 Å². The van der Waals surface area contributed by atoms with Gasteiger partial charge in [-0.3, -0.25) is 10.1 Å². The molecule has 0 aliphatic heterocycles. The minimum Gasteiger partial charge on any atom is -0.259 e. The largest absolute Gasteiger partial charge is 0.269 e. The maximum absolute atomic E-state index is 11.7. The molecule has 0 rings (SSSR count). The number of hydrogen-bond acceptors (Lipinski definition) is 2. The normalized spacial score (nSPS) is 12.3. The fourth-order valence-corrected chi connectivity index (χ4v) is 0.192. The Morgan fingerprint density at radius 3 is 2.22 bits per heavy atom. The summed E-state index contributed by atoms with van der Waals surface area (Å²) in [7, 11) is 0. The van der Waals surface area contributed by atoms with Crippen LogP contribution in [0.1, 0.15) is 6.92 Å². The topological polar surface area (TPSA) is 43.1 Å². The van der Waals surface area contributed by atoms with Crippen LogP contribution in [0.15, 0.2) is 12.3 Å². The van der Waals surface area contributed by atoms with Crippen LogP contribution in [0.5, 0.6) is 0 Å². The molecule has 0 heterocycles. The molecule has 0 aliphatic carbocycles. The molecule has 0 aliphatic rings. The molecule has 0 saturated carbocycles. The molecular formula is C4H5F2NO2. The maximum atomic E-state index is 11.7. The predicted molar refractivity (Wildman–Crippen MR) is 26.8 cm³/mol. The molecule has 0 atom stereocenters. The van der Waals surface area contributed by atoms with Crippen molar-refractivity contribution in [3.8, 4) is 0 Å². The van der Waals surface area contributed by atoms with Crippen LogP contribution < -0.4 is 0 Å². The molecule has 5 heteroatoms. The minimum atomic E-state index is -3.09. The Labute approximate surface area is 50.1 Å². The van der Waals surface area contributed by atoms with Crippen molar-refractivity contribution in [3.63, 3.8) is 0 Å². The van der Waals surface area contributed by atoms with Gasteiger partial charge in [-0.25, -0.2) is 8.78 Å². The number of nitrogens with zero attached hydrogens (tertiary/aromatic N) is 1. The number of alkyl halides is 2. The van der Waals surface area contributed by atoms with Gasteiger partial charge in [0.1, 0.15) is 0 Å². The van der Waals surface area contributed by atoms with Crippen LogP contribution >= 0.6 is 0 Å². The summed E-state index contributed by atoms with van der Waals surface area (Å²) in [4.78, 5) is 8.50. The zero-order valence-corrected chi connectivity index (χ0v) is 4.67.